The zero-order chi connectivity index (χ0) is 16.2. The number of halogens is 2. The van der Waals surface area contributed by atoms with Crippen molar-refractivity contribution < 1.29 is 31.6 Å². The largest absolute Gasteiger partial charge is 0.355 e. The van der Waals surface area contributed by atoms with E-state index in [0.29, 0.717) is 6.07 Å². The number of nitro benzene ring substituents is 1. The molecule has 118 valence electrons. The fourth-order valence-corrected chi connectivity index (χ4v) is 2.48. The highest BCUT2D eigenvalue weighted by atomic mass is 32.2. The molecule has 0 saturated heterocycles. The van der Waals surface area contributed by atoms with Gasteiger partial charge in [-0.05, 0) is 0 Å². The van der Waals surface area contributed by atoms with Crippen molar-refractivity contribution in [1.29, 1.82) is 0 Å². The van der Waals surface area contributed by atoms with Crippen molar-refractivity contribution in [2.45, 2.75) is 11.2 Å². The summed E-state index contributed by atoms with van der Waals surface area (Å²) in [5, 5.41) is 10.6. The minimum Gasteiger partial charge on any atom is -0.355 e. The Morgan fingerprint density at radius 3 is 2.33 bits per heavy atom. The number of hydrogen-bond donors (Lipinski definition) is 1. The van der Waals surface area contributed by atoms with Gasteiger partial charge in [0.2, 0.25) is 15.8 Å². The molecule has 0 atom stereocenters. The van der Waals surface area contributed by atoms with E-state index in [4.69, 9.17) is 9.47 Å². The molecule has 21 heavy (non-hydrogen) atoms. The third-order valence-electron chi connectivity index (χ3n) is 2.45. The lowest BCUT2D eigenvalue weighted by atomic mass is 10.3. The molecule has 1 rings (SSSR count). The summed E-state index contributed by atoms with van der Waals surface area (Å²) in [6.45, 7) is -0.361. The van der Waals surface area contributed by atoms with Gasteiger partial charge in [-0.15, -0.1) is 0 Å². The molecule has 0 spiro atoms. The lowest BCUT2D eigenvalue weighted by Crippen LogP contribution is -2.34. The number of sulfonamides is 1. The lowest BCUT2D eigenvalue weighted by molar-refractivity contribution is -0.387. The number of ether oxygens (including phenoxy) is 2. The maximum atomic E-state index is 13.5. The molecule has 0 unspecified atom stereocenters. The molecule has 11 heteroatoms. The standard InChI is InChI=1S/C10H12F2N2O6S/c1-19-10(20-2)5-13-21(17,18)9-4-8(14(15)16)6(11)3-7(9)12/h3-4,10,13H,5H2,1-2H3. The molecule has 0 aliphatic heterocycles. The summed E-state index contributed by atoms with van der Waals surface area (Å²) in [6.07, 6.45) is -0.932. The van der Waals surface area contributed by atoms with Crippen LogP contribution in [0.4, 0.5) is 14.5 Å². The molecule has 0 amide bonds. The second-order valence-corrected chi connectivity index (χ2v) is 5.48. The van der Waals surface area contributed by atoms with E-state index < -0.39 is 43.5 Å². The maximum Gasteiger partial charge on any atom is 0.306 e. The Morgan fingerprint density at radius 2 is 1.86 bits per heavy atom. The molecule has 1 N–H and O–H groups in total. The molecular formula is C10H12F2N2O6S. The van der Waals surface area contributed by atoms with Crippen LogP contribution < -0.4 is 4.72 Å². The van der Waals surface area contributed by atoms with E-state index in [0.717, 1.165) is 0 Å². The predicted molar refractivity (Wildman–Crippen MR) is 66.0 cm³/mol. The van der Waals surface area contributed by atoms with Crippen LogP contribution in [0.1, 0.15) is 0 Å². The highest BCUT2D eigenvalue weighted by Crippen LogP contribution is 2.24. The Hall–Kier alpha value is -1.69. The van der Waals surface area contributed by atoms with Gasteiger partial charge in [-0.3, -0.25) is 10.1 Å². The van der Waals surface area contributed by atoms with Crippen LogP contribution in [-0.4, -0.2) is 40.4 Å². The minimum atomic E-state index is -4.44. The Kier molecular flexibility index (Phi) is 5.66. The number of methoxy groups -OCH3 is 2. The Balaban J connectivity index is 3.13. The summed E-state index contributed by atoms with van der Waals surface area (Å²) in [5.41, 5.74) is -1.15. The molecule has 1 aromatic rings. The van der Waals surface area contributed by atoms with Gasteiger partial charge in [-0.1, -0.05) is 0 Å². The third kappa shape index (κ3) is 4.14. The molecule has 1 aromatic carbocycles. The summed E-state index contributed by atoms with van der Waals surface area (Å²) in [6, 6.07) is 0.443. The first kappa shape index (κ1) is 17.4. The quantitative estimate of drug-likeness (QED) is 0.450. The molecule has 0 aliphatic carbocycles. The van der Waals surface area contributed by atoms with Crippen LogP contribution in [0.5, 0.6) is 0 Å². The first-order chi connectivity index (χ1) is 9.72. The van der Waals surface area contributed by atoms with Crippen molar-refractivity contribution in [3.8, 4) is 0 Å². The van der Waals surface area contributed by atoms with E-state index in [1.165, 1.54) is 14.2 Å². The second kappa shape index (κ2) is 6.85. The van der Waals surface area contributed by atoms with Crippen molar-refractivity contribution in [3.63, 3.8) is 0 Å². The lowest BCUT2D eigenvalue weighted by Gasteiger charge is -2.14. The summed E-state index contributed by atoms with van der Waals surface area (Å²) in [7, 11) is -1.92. The van der Waals surface area contributed by atoms with Gasteiger partial charge in [0.15, 0.2) is 6.29 Å². The van der Waals surface area contributed by atoms with Gasteiger partial charge in [0, 0.05) is 26.4 Å². The first-order valence-electron chi connectivity index (χ1n) is 5.41. The highest BCUT2D eigenvalue weighted by molar-refractivity contribution is 7.89. The van der Waals surface area contributed by atoms with Gasteiger partial charge in [-0.25, -0.2) is 17.5 Å². The second-order valence-electron chi connectivity index (χ2n) is 3.74. The molecular weight excluding hydrogens is 314 g/mol. The zero-order valence-corrected chi connectivity index (χ0v) is 11.8. The van der Waals surface area contributed by atoms with E-state index in [9.17, 15) is 27.3 Å². The summed E-state index contributed by atoms with van der Waals surface area (Å²) < 4.78 is 61.8. The molecule has 0 bridgehead atoms. The topological polar surface area (TPSA) is 108 Å². The van der Waals surface area contributed by atoms with E-state index in [1.54, 1.807) is 0 Å². The predicted octanol–water partition coefficient (Wildman–Crippen LogP) is 0.770. The average molecular weight is 326 g/mol. The van der Waals surface area contributed by atoms with E-state index in [-0.39, 0.29) is 12.6 Å². The number of nitrogens with zero attached hydrogens (tertiary/aromatic N) is 1. The van der Waals surface area contributed by atoms with Gasteiger partial charge in [0.05, 0.1) is 11.5 Å². The van der Waals surface area contributed by atoms with Crippen molar-refractivity contribution in [3.05, 3.63) is 33.9 Å². The third-order valence-corrected chi connectivity index (χ3v) is 3.89. The van der Waals surface area contributed by atoms with E-state index in [1.807, 2.05) is 4.72 Å². The van der Waals surface area contributed by atoms with E-state index in [2.05, 4.69) is 0 Å². The van der Waals surface area contributed by atoms with Crippen molar-refractivity contribution in [2.75, 3.05) is 20.8 Å². The Morgan fingerprint density at radius 1 is 1.29 bits per heavy atom. The maximum absolute atomic E-state index is 13.5. The number of rotatable bonds is 7. The number of nitro groups is 1. The fraction of sp³-hybridized carbons (Fsp3) is 0.400. The normalized spacial score (nSPS) is 11.9. The smallest absolute Gasteiger partial charge is 0.306 e. The zero-order valence-electron chi connectivity index (χ0n) is 11.0. The minimum absolute atomic E-state index is 0.136. The molecule has 0 aromatic heterocycles. The molecule has 8 nitrogen and oxygen atoms in total. The van der Waals surface area contributed by atoms with Crippen LogP contribution >= 0.6 is 0 Å². The summed E-state index contributed by atoms with van der Waals surface area (Å²) in [4.78, 5) is 8.37. The average Bonchev–Trinajstić information content (AvgIpc) is 2.38. The van der Waals surface area contributed by atoms with Crippen LogP contribution in [0.2, 0.25) is 0 Å². The highest BCUT2D eigenvalue weighted by Gasteiger charge is 2.26. The van der Waals surface area contributed by atoms with Crippen LogP contribution in [0, 0.1) is 21.7 Å². The molecule has 0 saturated carbocycles. The monoisotopic (exact) mass is 326 g/mol. The van der Waals surface area contributed by atoms with Crippen molar-refractivity contribution in [2.24, 2.45) is 0 Å². The van der Waals surface area contributed by atoms with Crippen molar-refractivity contribution in [1.82, 2.24) is 4.72 Å². The van der Waals surface area contributed by atoms with Gasteiger partial charge in [0.1, 0.15) is 10.7 Å². The number of hydrogen-bond acceptors (Lipinski definition) is 6. The van der Waals surface area contributed by atoms with Crippen LogP contribution in [0.25, 0.3) is 0 Å². The number of nitrogens with one attached hydrogen (secondary N) is 1. The van der Waals surface area contributed by atoms with Crippen LogP contribution in [-0.2, 0) is 19.5 Å². The van der Waals surface area contributed by atoms with E-state index >= 15 is 0 Å². The SMILES string of the molecule is COC(CNS(=O)(=O)c1cc([N+](=O)[O-])c(F)cc1F)OC. The van der Waals surface area contributed by atoms with Crippen molar-refractivity contribution >= 4 is 15.7 Å². The fourth-order valence-electron chi connectivity index (χ4n) is 1.38. The van der Waals surface area contributed by atoms with Gasteiger partial charge < -0.3 is 9.47 Å². The van der Waals surface area contributed by atoms with Gasteiger partial charge >= 0.3 is 5.69 Å². The summed E-state index contributed by atoms with van der Waals surface area (Å²) >= 11 is 0. The molecule has 0 radical (unpaired) electrons. The van der Waals surface area contributed by atoms with Gasteiger partial charge in [-0.2, -0.15) is 4.39 Å². The number of benzene rings is 1. The summed E-state index contributed by atoms with van der Waals surface area (Å²) in [5.74, 6) is -2.92. The first-order valence-corrected chi connectivity index (χ1v) is 6.90. The molecule has 0 fully saturated rings. The Bertz CT molecular complexity index is 633. The van der Waals surface area contributed by atoms with Crippen LogP contribution in [0.3, 0.4) is 0 Å². The van der Waals surface area contributed by atoms with Gasteiger partial charge in [0.25, 0.3) is 0 Å². The van der Waals surface area contributed by atoms with Crippen LogP contribution in [0.15, 0.2) is 17.0 Å². The molecule has 0 aliphatic rings. The molecule has 0 heterocycles. The Labute approximate surface area is 118 Å².